The molecule has 0 saturated heterocycles. The molecule has 4 nitrogen and oxygen atoms in total. The molecule has 0 aliphatic rings. The van der Waals surface area contributed by atoms with Crippen molar-refractivity contribution in [1.29, 1.82) is 0 Å². The third-order valence-electron chi connectivity index (χ3n) is 3.03. The number of halogens is 1. The number of para-hydroxylation sites is 1. The zero-order chi connectivity index (χ0) is 13.6. The standard InChI is InChI=1S/C14H8FNO3/c15-7-4-5-11-10(6-7)13(17)8-2-1-3-9(14(18)19)12(8)16-11/h1-6H,(H,16,17)(H,18,19). The Balaban J connectivity index is 2.57. The highest BCUT2D eigenvalue weighted by Gasteiger charge is 2.12. The van der Waals surface area contributed by atoms with Gasteiger partial charge in [-0.25, -0.2) is 9.18 Å². The summed E-state index contributed by atoms with van der Waals surface area (Å²) in [5.74, 6) is -1.63. The number of rotatable bonds is 1. The molecule has 3 rings (SSSR count). The number of nitrogens with one attached hydrogen (secondary N) is 1. The summed E-state index contributed by atoms with van der Waals surface area (Å²) >= 11 is 0. The first-order valence-electron chi connectivity index (χ1n) is 5.55. The van der Waals surface area contributed by atoms with Gasteiger partial charge in [0.2, 0.25) is 0 Å². The van der Waals surface area contributed by atoms with Crippen LogP contribution in [0.2, 0.25) is 0 Å². The summed E-state index contributed by atoms with van der Waals surface area (Å²) in [5.41, 5.74) is 0.291. The predicted molar refractivity (Wildman–Crippen MR) is 69.0 cm³/mol. The van der Waals surface area contributed by atoms with E-state index in [9.17, 15) is 14.0 Å². The van der Waals surface area contributed by atoms with Gasteiger partial charge in [0, 0.05) is 16.3 Å². The predicted octanol–water partition coefficient (Wildman–Crippen LogP) is 2.52. The number of fused-ring (bicyclic) bond motifs is 2. The second kappa shape index (κ2) is 3.91. The lowest BCUT2D eigenvalue weighted by atomic mass is 10.1. The summed E-state index contributed by atoms with van der Waals surface area (Å²) in [6.07, 6.45) is 0. The van der Waals surface area contributed by atoms with Crippen molar-refractivity contribution in [1.82, 2.24) is 4.98 Å². The van der Waals surface area contributed by atoms with E-state index < -0.39 is 11.8 Å². The van der Waals surface area contributed by atoms with E-state index in [2.05, 4.69) is 4.98 Å². The molecular weight excluding hydrogens is 249 g/mol. The van der Waals surface area contributed by atoms with E-state index in [-0.39, 0.29) is 27.3 Å². The number of aromatic nitrogens is 1. The molecule has 1 heterocycles. The summed E-state index contributed by atoms with van der Waals surface area (Å²) in [4.78, 5) is 26.2. The lowest BCUT2D eigenvalue weighted by Gasteiger charge is -2.05. The number of carbonyl (C=O) groups is 1. The van der Waals surface area contributed by atoms with Crippen molar-refractivity contribution in [3.63, 3.8) is 0 Å². The van der Waals surface area contributed by atoms with Gasteiger partial charge in [0.15, 0.2) is 5.43 Å². The van der Waals surface area contributed by atoms with Crippen LogP contribution in [0, 0.1) is 5.82 Å². The third kappa shape index (κ3) is 1.67. The Morgan fingerprint density at radius 2 is 1.95 bits per heavy atom. The molecule has 0 amide bonds. The normalized spacial score (nSPS) is 11.0. The number of carboxylic acids is 1. The van der Waals surface area contributed by atoms with Gasteiger partial charge in [-0.15, -0.1) is 0 Å². The minimum Gasteiger partial charge on any atom is -0.478 e. The molecule has 19 heavy (non-hydrogen) atoms. The molecule has 0 aliphatic carbocycles. The second-order valence-electron chi connectivity index (χ2n) is 4.18. The first-order valence-corrected chi connectivity index (χ1v) is 5.55. The fraction of sp³-hybridized carbons (Fsp3) is 0. The highest BCUT2D eigenvalue weighted by Crippen LogP contribution is 2.18. The van der Waals surface area contributed by atoms with Crippen LogP contribution in [0.5, 0.6) is 0 Å². The lowest BCUT2D eigenvalue weighted by molar-refractivity contribution is 0.0699. The molecule has 2 aromatic carbocycles. The van der Waals surface area contributed by atoms with Crippen molar-refractivity contribution in [2.45, 2.75) is 0 Å². The van der Waals surface area contributed by atoms with Crippen molar-refractivity contribution in [3.05, 3.63) is 58.0 Å². The molecular formula is C14H8FNO3. The maximum Gasteiger partial charge on any atom is 0.337 e. The Labute approximate surface area is 106 Å². The smallest absolute Gasteiger partial charge is 0.337 e. The molecule has 0 spiro atoms. The van der Waals surface area contributed by atoms with Gasteiger partial charge in [-0.1, -0.05) is 6.07 Å². The number of aromatic carboxylic acids is 1. The SMILES string of the molecule is O=C(O)c1cccc2c(=O)c3cc(F)ccc3[nH]c12. The van der Waals surface area contributed by atoms with E-state index in [1.165, 1.54) is 30.3 Å². The van der Waals surface area contributed by atoms with Gasteiger partial charge < -0.3 is 10.1 Å². The Morgan fingerprint density at radius 1 is 1.16 bits per heavy atom. The summed E-state index contributed by atoms with van der Waals surface area (Å²) in [7, 11) is 0. The lowest BCUT2D eigenvalue weighted by Crippen LogP contribution is -2.08. The molecule has 94 valence electrons. The number of hydrogen-bond acceptors (Lipinski definition) is 2. The highest BCUT2D eigenvalue weighted by atomic mass is 19.1. The van der Waals surface area contributed by atoms with Gasteiger partial charge in [0.05, 0.1) is 11.1 Å². The number of pyridine rings is 1. The molecule has 0 saturated carbocycles. The first kappa shape index (κ1) is 11.4. The highest BCUT2D eigenvalue weighted by molar-refractivity contribution is 6.04. The zero-order valence-electron chi connectivity index (χ0n) is 9.61. The first-order chi connectivity index (χ1) is 9.08. The van der Waals surface area contributed by atoms with Crippen LogP contribution < -0.4 is 5.43 Å². The zero-order valence-corrected chi connectivity index (χ0v) is 9.61. The molecule has 0 bridgehead atoms. The number of carboxylic acid groups (broad SMARTS) is 1. The van der Waals surface area contributed by atoms with Gasteiger partial charge in [0.1, 0.15) is 5.82 Å². The van der Waals surface area contributed by atoms with Crippen LogP contribution in [0.15, 0.2) is 41.2 Å². The molecule has 2 N–H and O–H groups in total. The summed E-state index contributed by atoms with van der Waals surface area (Å²) in [6, 6.07) is 8.20. The Bertz CT molecular complexity index is 883. The fourth-order valence-corrected chi connectivity index (χ4v) is 2.15. The van der Waals surface area contributed by atoms with Gasteiger partial charge in [-0.05, 0) is 30.3 Å². The summed E-state index contributed by atoms with van der Waals surface area (Å²) in [6.45, 7) is 0. The van der Waals surface area contributed by atoms with Crippen LogP contribution in [0.4, 0.5) is 4.39 Å². The van der Waals surface area contributed by atoms with Gasteiger partial charge in [0.25, 0.3) is 0 Å². The third-order valence-corrected chi connectivity index (χ3v) is 3.03. The maximum atomic E-state index is 13.2. The van der Waals surface area contributed by atoms with Crippen molar-refractivity contribution >= 4 is 27.8 Å². The molecule has 3 aromatic rings. The molecule has 0 atom stereocenters. The molecule has 5 heteroatoms. The van der Waals surface area contributed by atoms with E-state index in [1.54, 1.807) is 0 Å². The Kier molecular flexibility index (Phi) is 2.35. The van der Waals surface area contributed by atoms with Crippen LogP contribution in [0.3, 0.4) is 0 Å². The largest absolute Gasteiger partial charge is 0.478 e. The van der Waals surface area contributed by atoms with E-state index in [0.717, 1.165) is 6.07 Å². The summed E-state index contributed by atoms with van der Waals surface area (Å²) < 4.78 is 13.2. The van der Waals surface area contributed by atoms with E-state index in [1.807, 2.05) is 0 Å². The van der Waals surface area contributed by atoms with Crippen molar-refractivity contribution < 1.29 is 14.3 Å². The maximum absolute atomic E-state index is 13.2. The van der Waals surface area contributed by atoms with Gasteiger partial charge in [-0.2, -0.15) is 0 Å². The van der Waals surface area contributed by atoms with Crippen LogP contribution in [0.25, 0.3) is 21.8 Å². The minimum atomic E-state index is -1.12. The number of hydrogen-bond donors (Lipinski definition) is 2. The van der Waals surface area contributed by atoms with E-state index in [4.69, 9.17) is 5.11 Å². The second-order valence-corrected chi connectivity index (χ2v) is 4.18. The number of benzene rings is 2. The Hall–Kier alpha value is -2.69. The van der Waals surface area contributed by atoms with Crippen molar-refractivity contribution in [2.75, 3.05) is 0 Å². The van der Waals surface area contributed by atoms with E-state index in [0.29, 0.717) is 5.52 Å². The van der Waals surface area contributed by atoms with Crippen LogP contribution in [-0.4, -0.2) is 16.1 Å². The number of H-pyrrole nitrogens is 1. The quantitative estimate of drug-likeness (QED) is 0.658. The monoisotopic (exact) mass is 257 g/mol. The fourth-order valence-electron chi connectivity index (χ4n) is 2.15. The van der Waals surface area contributed by atoms with E-state index >= 15 is 0 Å². The van der Waals surface area contributed by atoms with Crippen molar-refractivity contribution in [2.24, 2.45) is 0 Å². The summed E-state index contributed by atoms with van der Waals surface area (Å²) in [5, 5.41) is 9.55. The molecule has 0 unspecified atom stereocenters. The van der Waals surface area contributed by atoms with Gasteiger partial charge in [-0.3, -0.25) is 4.79 Å². The van der Waals surface area contributed by atoms with Crippen LogP contribution >= 0.6 is 0 Å². The molecule has 1 aromatic heterocycles. The van der Waals surface area contributed by atoms with Crippen LogP contribution in [-0.2, 0) is 0 Å². The average Bonchev–Trinajstić information content (AvgIpc) is 2.39. The molecule has 0 aliphatic heterocycles. The minimum absolute atomic E-state index is 0.0147. The topological polar surface area (TPSA) is 70.2 Å². The Morgan fingerprint density at radius 3 is 2.68 bits per heavy atom. The molecule has 0 radical (unpaired) electrons. The van der Waals surface area contributed by atoms with Crippen LogP contribution in [0.1, 0.15) is 10.4 Å². The van der Waals surface area contributed by atoms with Gasteiger partial charge >= 0.3 is 5.97 Å². The average molecular weight is 257 g/mol. The van der Waals surface area contributed by atoms with Crippen molar-refractivity contribution in [3.8, 4) is 0 Å². The number of aromatic amines is 1. The molecule has 0 fully saturated rings.